The molecule has 2 aromatic rings. The van der Waals surface area contributed by atoms with Crippen molar-refractivity contribution in [3.05, 3.63) is 29.5 Å². The lowest BCUT2D eigenvalue weighted by molar-refractivity contribution is 0.0936. The molecule has 6 nitrogen and oxygen atoms in total. The third-order valence-corrected chi connectivity index (χ3v) is 5.44. The maximum Gasteiger partial charge on any atom is 0.251 e. The molecule has 1 aromatic carbocycles. The van der Waals surface area contributed by atoms with Gasteiger partial charge in [0, 0.05) is 37.3 Å². The number of carbonyl (C=O) groups is 1. The number of methoxy groups -OCH3 is 1. The van der Waals surface area contributed by atoms with E-state index < -0.39 is 0 Å². The van der Waals surface area contributed by atoms with Gasteiger partial charge in [-0.3, -0.25) is 9.48 Å². The average Bonchev–Trinajstić information content (AvgIpc) is 3.06. The number of amides is 1. The van der Waals surface area contributed by atoms with Gasteiger partial charge in [0.05, 0.1) is 12.1 Å². The zero-order chi connectivity index (χ0) is 18.5. The van der Waals surface area contributed by atoms with Crippen LogP contribution < -0.4 is 5.32 Å². The molecule has 0 bridgehead atoms. The highest BCUT2D eigenvalue weighted by atomic mass is 16.5. The molecule has 3 rings (SSSR count). The Balaban J connectivity index is 1.70. The Hall–Kier alpha value is -1.92. The highest BCUT2D eigenvalue weighted by Gasteiger charge is 2.19. The third-order valence-electron chi connectivity index (χ3n) is 5.44. The second-order valence-electron chi connectivity index (χ2n) is 7.15. The van der Waals surface area contributed by atoms with E-state index in [2.05, 4.69) is 28.0 Å². The smallest absolute Gasteiger partial charge is 0.251 e. The number of rotatable bonds is 7. The van der Waals surface area contributed by atoms with Gasteiger partial charge in [0.2, 0.25) is 0 Å². The molecule has 6 heteroatoms. The van der Waals surface area contributed by atoms with Gasteiger partial charge < -0.3 is 15.0 Å². The molecule has 0 spiro atoms. The number of carbonyl (C=O) groups excluding carboxylic acids is 1. The van der Waals surface area contributed by atoms with Gasteiger partial charge in [-0.2, -0.15) is 5.10 Å². The van der Waals surface area contributed by atoms with Crippen LogP contribution in [0.2, 0.25) is 0 Å². The van der Waals surface area contributed by atoms with Crippen molar-refractivity contribution < 1.29 is 9.53 Å². The minimum atomic E-state index is -0.0545. The van der Waals surface area contributed by atoms with Crippen molar-refractivity contribution in [1.82, 2.24) is 20.0 Å². The van der Waals surface area contributed by atoms with Gasteiger partial charge in [0.25, 0.3) is 5.91 Å². The fourth-order valence-electron chi connectivity index (χ4n) is 3.73. The summed E-state index contributed by atoms with van der Waals surface area (Å²) in [5.74, 6) is 0.630. The molecular formula is C20H30N4O2. The van der Waals surface area contributed by atoms with Crippen LogP contribution in [-0.2, 0) is 11.3 Å². The topological polar surface area (TPSA) is 59.4 Å². The Morgan fingerprint density at radius 2 is 2.12 bits per heavy atom. The molecule has 1 amide bonds. The molecule has 0 radical (unpaired) electrons. The van der Waals surface area contributed by atoms with E-state index in [0.29, 0.717) is 24.6 Å². The van der Waals surface area contributed by atoms with Gasteiger partial charge in [-0.25, -0.2) is 0 Å². The molecule has 26 heavy (non-hydrogen) atoms. The molecule has 142 valence electrons. The molecule has 0 atom stereocenters. The molecule has 0 aliphatic carbocycles. The summed E-state index contributed by atoms with van der Waals surface area (Å²) in [6.07, 6.45) is 4.56. The number of ether oxygens (including phenoxy) is 1. The zero-order valence-electron chi connectivity index (χ0n) is 16.1. The summed E-state index contributed by atoms with van der Waals surface area (Å²) in [6, 6.07) is 3.82. The summed E-state index contributed by atoms with van der Waals surface area (Å²) in [4.78, 5) is 14.9. The first kappa shape index (κ1) is 18.9. The number of piperidine rings is 1. The van der Waals surface area contributed by atoms with E-state index in [1.807, 2.05) is 19.1 Å². The number of aryl methyl sites for hydroxylation is 1. The van der Waals surface area contributed by atoms with Crippen LogP contribution >= 0.6 is 0 Å². The number of fused-ring (bicyclic) bond motifs is 1. The summed E-state index contributed by atoms with van der Waals surface area (Å²) >= 11 is 0. The number of hydrogen-bond donors (Lipinski definition) is 1. The average molecular weight is 358 g/mol. The monoisotopic (exact) mass is 358 g/mol. The molecule has 1 fully saturated rings. The van der Waals surface area contributed by atoms with Crippen molar-refractivity contribution in [2.75, 3.05) is 39.9 Å². The third kappa shape index (κ3) is 4.24. The highest BCUT2D eigenvalue weighted by Crippen LogP contribution is 2.23. The van der Waals surface area contributed by atoms with Crippen LogP contribution in [0.1, 0.15) is 35.7 Å². The van der Waals surface area contributed by atoms with Crippen molar-refractivity contribution in [1.29, 1.82) is 0 Å². The molecule has 1 aromatic heterocycles. The number of nitrogens with zero attached hydrogens (tertiary/aromatic N) is 3. The fourth-order valence-corrected chi connectivity index (χ4v) is 3.73. The van der Waals surface area contributed by atoms with Crippen molar-refractivity contribution in [2.24, 2.45) is 5.92 Å². The van der Waals surface area contributed by atoms with Gasteiger partial charge in [-0.05, 0) is 63.0 Å². The molecule has 0 unspecified atom stereocenters. The fraction of sp³-hybridized carbons (Fsp3) is 0.600. The molecular weight excluding hydrogens is 328 g/mol. The molecule has 1 saturated heterocycles. The van der Waals surface area contributed by atoms with Gasteiger partial charge >= 0.3 is 0 Å². The Bertz CT molecular complexity index is 748. The van der Waals surface area contributed by atoms with Crippen LogP contribution in [0.15, 0.2) is 18.3 Å². The zero-order valence-corrected chi connectivity index (χ0v) is 16.1. The number of benzene rings is 1. The first-order valence-corrected chi connectivity index (χ1v) is 9.58. The van der Waals surface area contributed by atoms with Gasteiger partial charge in [-0.15, -0.1) is 0 Å². The van der Waals surface area contributed by atoms with Gasteiger partial charge in [0.1, 0.15) is 0 Å². The number of nitrogens with one attached hydrogen (secondary N) is 1. The van der Waals surface area contributed by atoms with E-state index >= 15 is 0 Å². The Kier molecular flexibility index (Phi) is 6.27. The lowest BCUT2D eigenvalue weighted by Crippen LogP contribution is -2.34. The minimum Gasteiger partial charge on any atom is -0.383 e. The quantitative estimate of drug-likeness (QED) is 0.773. The summed E-state index contributed by atoms with van der Waals surface area (Å²) in [7, 11) is 1.63. The molecule has 0 saturated carbocycles. The van der Waals surface area contributed by atoms with E-state index in [4.69, 9.17) is 9.84 Å². The van der Waals surface area contributed by atoms with Crippen molar-refractivity contribution in [3.8, 4) is 0 Å². The Labute approximate surface area is 155 Å². The van der Waals surface area contributed by atoms with E-state index in [0.717, 1.165) is 29.6 Å². The van der Waals surface area contributed by atoms with Crippen LogP contribution in [0.5, 0.6) is 0 Å². The second-order valence-corrected chi connectivity index (χ2v) is 7.15. The highest BCUT2D eigenvalue weighted by molar-refractivity contribution is 6.00. The van der Waals surface area contributed by atoms with Crippen molar-refractivity contribution in [2.45, 2.75) is 33.2 Å². The lowest BCUT2D eigenvalue weighted by atomic mass is 9.97. The van der Waals surface area contributed by atoms with Crippen LogP contribution in [0.4, 0.5) is 0 Å². The Morgan fingerprint density at radius 1 is 1.35 bits per heavy atom. The lowest BCUT2D eigenvalue weighted by Gasteiger charge is -2.30. The van der Waals surface area contributed by atoms with Crippen LogP contribution in [0.3, 0.4) is 0 Å². The summed E-state index contributed by atoms with van der Waals surface area (Å²) in [5.41, 5.74) is 2.66. The summed E-state index contributed by atoms with van der Waals surface area (Å²) in [5, 5.41) is 8.69. The first-order chi connectivity index (χ1) is 12.6. The van der Waals surface area contributed by atoms with E-state index in [1.54, 1.807) is 7.11 Å². The number of likely N-dealkylation sites (tertiary alicyclic amines) is 1. The van der Waals surface area contributed by atoms with Crippen LogP contribution in [-0.4, -0.2) is 60.5 Å². The van der Waals surface area contributed by atoms with Crippen molar-refractivity contribution >= 4 is 16.8 Å². The molecule has 1 aliphatic heterocycles. The predicted molar refractivity (Wildman–Crippen MR) is 104 cm³/mol. The number of aromatic nitrogens is 2. The predicted octanol–water partition coefficient (Wildman–Crippen LogP) is 2.45. The van der Waals surface area contributed by atoms with E-state index in [1.165, 1.54) is 25.9 Å². The Morgan fingerprint density at radius 3 is 2.81 bits per heavy atom. The maximum atomic E-state index is 12.4. The number of hydrogen-bond acceptors (Lipinski definition) is 4. The van der Waals surface area contributed by atoms with Crippen LogP contribution in [0, 0.1) is 12.8 Å². The molecule has 1 aliphatic rings. The standard InChI is InChI=1S/C20H30N4O2/c1-4-23-10-7-16(8-11-23)13-24-14-18-15(2)17(5-6-19(18)22-24)20(25)21-9-12-26-3/h5-6,14,16H,4,7-13H2,1-3H3,(H,21,25). The molecule has 1 N–H and O–H groups in total. The SMILES string of the molecule is CCN1CCC(Cn2cc3c(C)c(C(=O)NCCOC)ccc3n2)CC1. The van der Waals surface area contributed by atoms with E-state index in [9.17, 15) is 4.79 Å². The first-order valence-electron chi connectivity index (χ1n) is 9.58. The van der Waals surface area contributed by atoms with Crippen molar-refractivity contribution in [3.63, 3.8) is 0 Å². The molecule has 2 heterocycles. The normalized spacial score (nSPS) is 16.3. The van der Waals surface area contributed by atoms with Gasteiger partial charge in [0.15, 0.2) is 0 Å². The van der Waals surface area contributed by atoms with Gasteiger partial charge in [-0.1, -0.05) is 6.92 Å². The van der Waals surface area contributed by atoms with Crippen LogP contribution in [0.25, 0.3) is 10.9 Å². The second kappa shape index (κ2) is 8.64. The maximum absolute atomic E-state index is 12.4. The largest absolute Gasteiger partial charge is 0.383 e. The summed E-state index contributed by atoms with van der Waals surface area (Å²) in [6.45, 7) is 9.74. The minimum absolute atomic E-state index is 0.0545. The van der Waals surface area contributed by atoms with E-state index in [-0.39, 0.29) is 5.91 Å². The summed E-state index contributed by atoms with van der Waals surface area (Å²) < 4.78 is 7.05.